The SMILES string of the molecule is Cc1noc(C)c1C(=O)N1CCC(Oc2ccc(Cl)cc2)CC1. The van der Waals surface area contributed by atoms with Crippen LogP contribution in [0.15, 0.2) is 28.8 Å². The molecule has 0 saturated carbocycles. The van der Waals surface area contributed by atoms with Crippen molar-refractivity contribution >= 4 is 17.5 Å². The van der Waals surface area contributed by atoms with Crippen LogP contribution in [0.25, 0.3) is 0 Å². The van der Waals surface area contributed by atoms with E-state index in [0.717, 1.165) is 18.6 Å². The zero-order chi connectivity index (χ0) is 16.4. The molecule has 6 heteroatoms. The number of rotatable bonds is 3. The molecule has 5 nitrogen and oxygen atoms in total. The van der Waals surface area contributed by atoms with Crippen molar-refractivity contribution in [1.82, 2.24) is 10.1 Å². The van der Waals surface area contributed by atoms with E-state index in [4.69, 9.17) is 20.9 Å². The molecule has 1 amide bonds. The van der Waals surface area contributed by atoms with Crippen LogP contribution in [0.1, 0.15) is 34.7 Å². The molecule has 23 heavy (non-hydrogen) atoms. The number of aryl methyl sites for hydroxylation is 2. The Kier molecular flexibility index (Phi) is 4.57. The highest BCUT2D eigenvalue weighted by atomic mass is 35.5. The summed E-state index contributed by atoms with van der Waals surface area (Å²) in [6.45, 7) is 4.89. The zero-order valence-electron chi connectivity index (χ0n) is 13.2. The summed E-state index contributed by atoms with van der Waals surface area (Å²) in [6.07, 6.45) is 1.72. The molecule has 2 aromatic rings. The van der Waals surface area contributed by atoms with Crippen molar-refractivity contribution < 1.29 is 14.1 Å². The first-order valence-corrected chi connectivity index (χ1v) is 8.07. The van der Waals surface area contributed by atoms with E-state index in [0.29, 0.717) is 35.1 Å². The summed E-state index contributed by atoms with van der Waals surface area (Å²) < 4.78 is 11.0. The molecule has 1 aliphatic rings. The van der Waals surface area contributed by atoms with Crippen LogP contribution in [0.4, 0.5) is 0 Å². The van der Waals surface area contributed by atoms with Gasteiger partial charge in [-0.15, -0.1) is 0 Å². The highest BCUT2D eigenvalue weighted by Crippen LogP contribution is 2.23. The predicted molar refractivity (Wildman–Crippen MR) is 87.0 cm³/mol. The van der Waals surface area contributed by atoms with Crippen LogP contribution in [0.2, 0.25) is 5.02 Å². The molecule has 0 N–H and O–H groups in total. The minimum Gasteiger partial charge on any atom is -0.490 e. The van der Waals surface area contributed by atoms with Crippen molar-refractivity contribution in [3.8, 4) is 5.75 Å². The van der Waals surface area contributed by atoms with Crippen LogP contribution < -0.4 is 4.74 Å². The lowest BCUT2D eigenvalue weighted by Gasteiger charge is -2.32. The molecule has 0 unspecified atom stereocenters. The average Bonchev–Trinajstić information content (AvgIpc) is 2.88. The molecule has 0 radical (unpaired) electrons. The molecule has 1 aromatic heterocycles. The van der Waals surface area contributed by atoms with Gasteiger partial charge >= 0.3 is 0 Å². The van der Waals surface area contributed by atoms with Gasteiger partial charge in [-0.2, -0.15) is 0 Å². The molecule has 1 aliphatic heterocycles. The maximum Gasteiger partial charge on any atom is 0.259 e. The fourth-order valence-electron chi connectivity index (χ4n) is 2.83. The molecule has 3 rings (SSSR count). The molecule has 2 heterocycles. The summed E-state index contributed by atoms with van der Waals surface area (Å²) in [7, 11) is 0. The second-order valence-electron chi connectivity index (χ2n) is 5.76. The first-order chi connectivity index (χ1) is 11.0. The summed E-state index contributed by atoms with van der Waals surface area (Å²) in [4.78, 5) is 14.4. The van der Waals surface area contributed by atoms with E-state index in [9.17, 15) is 4.79 Å². The van der Waals surface area contributed by atoms with Crippen molar-refractivity contribution in [3.05, 3.63) is 46.3 Å². The Morgan fingerprint density at radius 1 is 1.26 bits per heavy atom. The Morgan fingerprint density at radius 2 is 1.91 bits per heavy atom. The van der Waals surface area contributed by atoms with Crippen molar-refractivity contribution in [2.75, 3.05) is 13.1 Å². The van der Waals surface area contributed by atoms with E-state index in [1.54, 1.807) is 13.8 Å². The van der Waals surface area contributed by atoms with Crippen molar-refractivity contribution in [2.24, 2.45) is 0 Å². The minimum absolute atomic E-state index is 0.00815. The lowest BCUT2D eigenvalue weighted by Crippen LogP contribution is -2.42. The average molecular weight is 335 g/mol. The summed E-state index contributed by atoms with van der Waals surface area (Å²) in [5.41, 5.74) is 1.23. The fourth-order valence-corrected chi connectivity index (χ4v) is 2.95. The van der Waals surface area contributed by atoms with E-state index in [1.165, 1.54) is 0 Å². The van der Waals surface area contributed by atoms with E-state index >= 15 is 0 Å². The third-order valence-electron chi connectivity index (χ3n) is 4.09. The highest BCUT2D eigenvalue weighted by molar-refractivity contribution is 6.30. The Bertz CT molecular complexity index is 669. The van der Waals surface area contributed by atoms with Crippen molar-refractivity contribution in [3.63, 3.8) is 0 Å². The van der Waals surface area contributed by atoms with Gasteiger partial charge in [0.05, 0.1) is 5.69 Å². The number of hydrogen-bond acceptors (Lipinski definition) is 4. The topological polar surface area (TPSA) is 55.6 Å². The number of halogens is 1. The van der Waals surface area contributed by atoms with Gasteiger partial charge in [-0.1, -0.05) is 16.8 Å². The Balaban J connectivity index is 1.58. The largest absolute Gasteiger partial charge is 0.490 e. The van der Waals surface area contributed by atoms with Gasteiger partial charge in [0.15, 0.2) is 0 Å². The van der Waals surface area contributed by atoms with Crippen LogP contribution in [-0.2, 0) is 0 Å². The molecule has 0 atom stereocenters. The first kappa shape index (κ1) is 15.9. The zero-order valence-corrected chi connectivity index (χ0v) is 14.0. The van der Waals surface area contributed by atoms with Gasteiger partial charge in [-0.25, -0.2) is 0 Å². The van der Waals surface area contributed by atoms with Gasteiger partial charge in [-0.3, -0.25) is 4.79 Å². The third-order valence-corrected chi connectivity index (χ3v) is 4.34. The second-order valence-corrected chi connectivity index (χ2v) is 6.20. The number of benzene rings is 1. The number of hydrogen-bond donors (Lipinski definition) is 0. The van der Waals surface area contributed by atoms with Gasteiger partial charge in [0.25, 0.3) is 5.91 Å². The molecule has 0 aliphatic carbocycles. The van der Waals surface area contributed by atoms with Gasteiger partial charge in [0, 0.05) is 31.0 Å². The van der Waals surface area contributed by atoms with Gasteiger partial charge in [-0.05, 0) is 38.1 Å². The molecular formula is C17H19ClN2O3. The van der Waals surface area contributed by atoms with E-state index < -0.39 is 0 Å². The summed E-state index contributed by atoms with van der Waals surface area (Å²) in [5, 5.41) is 4.54. The highest BCUT2D eigenvalue weighted by Gasteiger charge is 2.28. The van der Waals surface area contributed by atoms with Gasteiger partial charge in [0.2, 0.25) is 0 Å². The number of ether oxygens (including phenoxy) is 1. The van der Waals surface area contributed by atoms with Gasteiger partial charge in [0.1, 0.15) is 23.2 Å². The summed E-state index contributed by atoms with van der Waals surface area (Å²) in [5.74, 6) is 1.38. The third kappa shape index (κ3) is 3.50. The van der Waals surface area contributed by atoms with Crippen molar-refractivity contribution in [2.45, 2.75) is 32.8 Å². The van der Waals surface area contributed by atoms with Crippen molar-refractivity contribution in [1.29, 1.82) is 0 Å². The van der Waals surface area contributed by atoms with Crippen LogP contribution in [0, 0.1) is 13.8 Å². The minimum atomic E-state index is -0.00815. The standard InChI is InChI=1S/C17H19ClN2O3/c1-11-16(12(2)23-19-11)17(21)20-9-7-15(8-10-20)22-14-5-3-13(18)4-6-14/h3-6,15H,7-10H2,1-2H3. The molecule has 122 valence electrons. The first-order valence-electron chi connectivity index (χ1n) is 7.69. The quantitative estimate of drug-likeness (QED) is 0.860. The number of likely N-dealkylation sites (tertiary alicyclic amines) is 1. The number of aromatic nitrogens is 1. The summed E-state index contributed by atoms with van der Waals surface area (Å²) in [6, 6.07) is 7.35. The molecule has 1 aromatic carbocycles. The Hall–Kier alpha value is -2.01. The fraction of sp³-hybridized carbons (Fsp3) is 0.412. The van der Waals surface area contributed by atoms with E-state index in [-0.39, 0.29) is 12.0 Å². The second kappa shape index (κ2) is 6.62. The maximum absolute atomic E-state index is 12.6. The lowest BCUT2D eigenvalue weighted by atomic mass is 10.1. The van der Waals surface area contributed by atoms with E-state index in [2.05, 4.69) is 5.16 Å². The lowest BCUT2D eigenvalue weighted by molar-refractivity contribution is 0.0593. The van der Waals surface area contributed by atoms with E-state index in [1.807, 2.05) is 29.2 Å². The normalized spacial score (nSPS) is 15.7. The van der Waals surface area contributed by atoms with Crippen LogP contribution in [-0.4, -0.2) is 35.2 Å². The van der Waals surface area contributed by atoms with Crippen LogP contribution >= 0.6 is 11.6 Å². The smallest absolute Gasteiger partial charge is 0.259 e. The van der Waals surface area contributed by atoms with Gasteiger partial charge < -0.3 is 14.2 Å². The number of nitrogens with zero attached hydrogens (tertiary/aromatic N) is 2. The monoisotopic (exact) mass is 334 g/mol. The Morgan fingerprint density at radius 3 is 2.48 bits per heavy atom. The summed E-state index contributed by atoms with van der Waals surface area (Å²) >= 11 is 5.87. The molecule has 1 fully saturated rings. The molecule has 1 saturated heterocycles. The predicted octanol–water partition coefficient (Wildman–Crippen LogP) is 3.63. The molecule has 0 spiro atoms. The number of amides is 1. The molecular weight excluding hydrogens is 316 g/mol. The number of piperidine rings is 1. The number of carbonyl (C=O) groups is 1. The van der Waals surface area contributed by atoms with Crippen LogP contribution in [0.5, 0.6) is 5.75 Å². The Labute approximate surface area is 140 Å². The molecule has 0 bridgehead atoms. The van der Waals surface area contributed by atoms with Crippen LogP contribution in [0.3, 0.4) is 0 Å². The number of carbonyl (C=O) groups excluding carboxylic acids is 1. The maximum atomic E-state index is 12.6.